The Morgan fingerprint density at radius 1 is 1.33 bits per heavy atom. The molecule has 0 aromatic rings. The normalized spacial score (nSPS) is 8.67. The Morgan fingerprint density at radius 2 is 2.00 bits per heavy atom. The van der Waals surface area contributed by atoms with Crippen LogP contribution in [0.5, 0.6) is 0 Å². The Labute approximate surface area is 43.2 Å². The molecule has 0 bridgehead atoms. The number of hydrogen-bond donors (Lipinski definition) is 0. The molecule has 1 heteroatoms. The van der Waals surface area contributed by atoms with E-state index in [0.29, 0.717) is 0 Å². The van der Waals surface area contributed by atoms with Gasteiger partial charge in [0.05, 0.1) is 0 Å². The van der Waals surface area contributed by atoms with Crippen molar-refractivity contribution in [3.63, 3.8) is 0 Å². The summed E-state index contributed by atoms with van der Waals surface area (Å²) in [6, 6.07) is 0. The Balaban J connectivity index is 3.17. The van der Waals surface area contributed by atoms with E-state index in [1.165, 1.54) is 0 Å². The minimum atomic E-state index is 1.54. The standard InChI is InChI=1S/C5H6S/c1-2-3-4-5-6/h2-5H,1H2/b4-3-. The number of hydrogen-bond acceptors (Lipinski definition) is 1. The van der Waals surface area contributed by atoms with Crippen LogP contribution in [0.1, 0.15) is 0 Å². The lowest BCUT2D eigenvalue weighted by molar-refractivity contribution is 2.10. The fourth-order valence-electron chi connectivity index (χ4n) is 0.124. The van der Waals surface area contributed by atoms with E-state index in [0.717, 1.165) is 0 Å². The number of rotatable bonds is 2. The summed E-state index contributed by atoms with van der Waals surface area (Å²) in [4.78, 5) is 0. The summed E-state index contributed by atoms with van der Waals surface area (Å²) in [6.45, 7) is 3.45. The monoisotopic (exact) mass is 98.0 g/mol. The Bertz CT molecular complexity index is 62.0. The zero-order valence-corrected chi connectivity index (χ0v) is 4.24. The van der Waals surface area contributed by atoms with Gasteiger partial charge in [-0.3, -0.25) is 0 Å². The summed E-state index contributed by atoms with van der Waals surface area (Å²) in [5.41, 5.74) is 0. The van der Waals surface area contributed by atoms with Crippen LogP contribution < -0.4 is 0 Å². The second-order valence-corrected chi connectivity index (χ2v) is 1.03. The van der Waals surface area contributed by atoms with Crippen molar-refractivity contribution < 1.29 is 0 Å². The molecule has 0 aliphatic rings. The van der Waals surface area contributed by atoms with E-state index in [4.69, 9.17) is 0 Å². The minimum Gasteiger partial charge on any atom is -0.0991 e. The van der Waals surface area contributed by atoms with Gasteiger partial charge < -0.3 is 0 Å². The van der Waals surface area contributed by atoms with Gasteiger partial charge in [-0.2, -0.15) is 0 Å². The van der Waals surface area contributed by atoms with E-state index in [-0.39, 0.29) is 0 Å². The summed E-state index contributed by atoms with van der Waals surface area (Å²) in [7, 11) is 0. The van der Waals surface area contributed by atoms with Crippen molar-refractivity contribution in [3.8, 4) is 0 Å². The summed E-state index contributed by atoms with van der Waals surface area (Å²) in [5, 5.41) is 1.54. The summed E-state index contributed by atoms with van der Waals surface area (Å²) >= 11 is 4.46. The van der Waals surface area contributed by atoms with Crippen LogP contribution in [-0.2, 0) is 0 Å². The molecule has 0 nitrogen and oxygen atoms in total. The van der Waals surface area contributed by atoms with Gasteiger partial charge in [0.25, 0.3) is 0 Å². The zero-order chi connectivity index (χ0) is 4.83. The molecule has 0 fully saturated rings. The lowest BCUT2D eigenvalue weighted by Gasteiger charge is -1.59. The second kappa shape index (κ2) is 4.57. The van der Waals surface area contributed by atoms with Crippen molar-refractivity contribution in [1.82, 2.24) is 0 Å². The van der Waals surface area contributed by atoms with E-state index in [9.17, 15) is 0 Å². The maximum atomic E-state index is 4.46. The third-order valence-electron chi connectivity index (χ3n) is 0.326. The fourth-order valence-corrected chi connectivity index (χ4v) is 0.215. The first kappa shape index (κ1) is 5.57. The van der Waals surface area contributed by atoms with Gasteiger partial charge in [0.1, 0.15) is 0 Å². The highest BCUT2D eigenvalue weighted by Crippen LogP contribution is 1.65. The molecule has 0 aromatic carbocycles. The predicted molar refractivity (Wildman–Crippen MR) is 33.0 cm³/mol. The van der Waals surface area contributed by atoms with Crippen LogP contribution in [0.2, 0.25) is 0 Å². The van der Waals surface area contributed by atoms with Crippen LogP contribution in [0.15, 0.2) is 24.8 Å². The van der Waals surface area contributed by atoms with Crippen LogP contribution in [0.3, 0.4) is 0 Å². The fraction of sp³-hybridized carbons (Fsp3) is 0. The highest BCUT2D eigenvalue weighted by molar-refractivity contribution is 7.79. The van der Waals surface area contributed by atoms with E-state index in [1.807, 2.05) is 0 Å². The summed E-state index contributed by atoms with van der Waals surface area (Å²) < 4.78 is 0. The molecule has 0 rings (SSSR count). The van der Waals surface area contributed by atoms with Gasteiger partial charge in [-0.1, -0.05) is 37.0 Å². The lowest BCUT2D eigenvalue weighted by Crippen LogP contribution is -1.47. The van der Waals surface area contributed by atoms with Crippen molar-refractivity contribution in [2.75, 3.05) is 0 Å². The Kier molecular flexibility index (Phi) is 4.24. The number of thiocarbonyl (C=S) groups is 1. The van der Waals surface area contributed by atoms with Crippen molar-refractivity contribution in [3.05, 3.63) is 24.8 Å². The van der Waals surface area contributed by atoms with E-state index in [1.54, 1.807) is 23.6 Å². The van der Waals surface area contributed by atoms with Crippen LogP contribution in [-0.4, -0.2) is 5.37 Å². The molecular formula is C5H6S. The summed E-state index contributed by atoms with van der Waals surface area (Å²) in [6.07, 6.45) is 5.22. The van der Waals surface area contributed by atoms with Gasteiger partial charge in [-0.15, -0.1) is 0 Å². The minimum absolute atomic E-state index is 1.54. The van der Waals surface area contributed by atoms with Crippen LogP contribution in [0.25, 0.3) is 0 Å². The predicted octanol–water partition coefficient (Wildman–Crippen LogP) is 1.73. The summed E-state index contributed by atoms with van der Waals surface area (Å²) in [5.74, 6) is 0. The molecule has 0 aliphatic heterocycles. The van der Waals surface area contributed by atoms with Gasteiger partial charge in [0.2, 0.25) is 0 Å². The Hall–Kier alpha value is -0.430. The zero-order valence-electron chi connectivity index (χ0n) is 3.42. The first-order valence-electron chi connectivity index (χ1n) is 1.64. The molecule has 0 saturated heterocycles. The molecule has 0 spiro atoms. The maximum absolute atomic E-state index is 4.46. The van der Waals surface area contributed by atoms with Crippen LogP contribution in [0, 0.1) is 0 Å². The molecule has 0 amide bonds. The molecule has 0 heterocycles. The van der Waals surface area contributed by atoms with Crippen molar-refractivity contribution in [2.24, 2.45) is 0 Å². The highest BCUT2D eigenvalue weighted by Gasteiger charge is 1.49. The van der Waals surface area contributed by atoms with Gasteiger partial charge in [-0.05, 0) is 0 Å². The molecule has 0 aromatic heterocycles. The molecule has 6 heavy (non-hydrogen) atoms. The van der Waals surface area contributed by atoms with Crippen LogP contribution >= 0.6 is 12.2 Å². The molecule has 0 N–H and O–H groups in total. The van der Waals surface area contributed by atoms with Crippen molar-refractivity contribution >= 4 is 17.6 Å². The molecule has 0 unspecified atom stereocenters. The van der Waals surface area contributed by atoms with E-state index < -0.39 is 0 Å². The molecule has 0 radical (unpaired) electrons. The van der Waals surface area contributed by atoms with Crippen molar-refractivity contribution in [1.29, 1.82) is 0 Å². The average molecular weight is 98.2 g/mol. The molecule has 0 atom stereocenters. The molecule has 32 valence electrons. The first-order chi connectivity index (χ1) is 2.91. The SMILES string of the molecule is C=C/C=C\C=S. The lowest BCUT2D eigenvalue weighted by atomic mass is 10.5. The average Bonchev–Trinajstić information content (AvgIpc) is 1.61. The number of allylic oxidation sites excluding steroid dienone is 3. The van der Waals surface area contributed by atoms with Crippen LogP contribution in [0.4, 0.5) is 0 Å². The van der Waals surface area contributed by atoms with E-state index >= 15 is 0 Å². The maximum Gasteiger partial charge on any atom is 0.00135 e. The third kappa shape index (κ3) is 3.57. The van der Waals surface area contributed by atoms with Gasteiger partial charge in [-0.25, -0.2) is 0 Å². The topological polar surface area (TPSA) is 0 Å². The van der Waals surface area contributed by atoms with Crippen molar-refractivity contribution in [2.45, 2.75) is 0 Å². The molecular weight excluding hydrogens is 92.1 g/mol. The third-order valence-corrected chi connectivity index (χ3v) is 0.483. The molecule has 0 aliphatic carbocycles. The highest BCUT2D eigenvalue weighted by atomic mass is 32.1. The van der Waals surface area contributed by atoms with Gasteiger partial charge in [0, 0.05) is 5.37 Å². The Morgan fingerprint density at radius 3 is 2.17 bits per heavy atom. The largest absolute Gasteiger partial charge is 0.0991 e. The quantitative estimate of drug-likeness (QED) is 0.288. The van der Waals surface area contributed by atoms with Gasteiger partial charge >= 0.3 is 0 Å². The second-order valence-electron chi connectivity index (χ2n) is 0.757. The smallest absolute Gasteiger partial charge is 0.00135 e. The van der Waals surface area contributed by atoms with Gasteiger partial charge in [0.15, 0.2) is 0 Å². The first-order valence-corrected chi connectivity index (χ1v) is 2.12. The molecule has 0 saturated carbocycles. The van der Waals surface area contributed by atoms with E-state index in [2.05, 4.69) is 18.8 Å².